The van der Waals surface area contributed by atoms with E-state index >= 15 is 0 Å². The van der Waals surface area contributed by atoms with Crippen LogP contribution in [0.15, 0.2) is 48.8 Å². The average Bonchev–Trinajstić information content (AvgIpc) is 2.70. The van der Waals surface area contributed by atoms with Crippen molar-refractivity contribution in [2.75, 3.05) is 31.1 Å². The predicted molar refractivity (Wildman–Crippen MR) is 104 cm³/mol. The standard InChI is InChI=1S/C22H29N3/c1-18-2-4-21(5-3-18)25-16-10-22(11-17-25)24-14-8-20(9-15-24)19-6-12-23-13-7-19/h2-7,12-13,20,22H,8-11,14-17H2,1H3. The summed E-state index contributed by atoms with van der Waals surface area (Å²) in [7, 11) is 0. The number of benzene rings is 1. The van der Waals surface area contributed by atoms with Crippen molar-refractivity contribution in [3.63, 3.8) is 0 Å². The van der Waals surface area contributed by atoms with Gasteiger partial charge < -0.3 is 9.80 Å². The zero-order valence-corrected chi connectivity index (χ0v) is 15.3. The number of anilines is 1. The van der Waals surface area contributed by atoms with Crippen LogP contribution in [0.2, 0.25) is 0 Å². The second-order valence-electron chi connectivity index (χ2n) is 7.64. The first-order chi connectivity index (χ1) is 12.3. The van der Waals surface area contributed by atoms with Gasteiger partial charge in [0.05, 0.1) is 0 Å². The maximum absolute atomic E-state index is 4.15. The van der Waals surface area contributed by atoms with E-state index in [2.05, 4.69) is 58.1 Å². The van der Waals surface area contributed by atoms with Crippen molar-refractivity contribution in [3.8, 4) is 0 Å². The van der Waals surface area contributed by atoms with Crippen LogP contribution in [-0.2, 0) is 0 Å². The third-order valence-electron chi connectivity index (χ3n) is 6.09. The van der Waals surface area contributed by atoms with Crippen LogP contribution in [0.3, 0.4) is 0 Å². The van der Waals surface area contributed by atoms with Gasteiger partial charge in [0, 0.05) is 37.2 Å². The highest BCUT2D eigenvalue weighted by Crippen LogP contribution is 2.31. The zero-order valence-electron chi connectivity index (χ0n) is 15.3. The van der Waals surface area contributed by atoms with Crippen molar-refractivity contribution in [2.45, 2.75) is 44.6 Å². The average molecular weight is 335 g/mol. The Morgan fingerprint density at radius 1 is 0.800 bits per heavy atom. The van der Waals surface area contributed by atoms with E-state index in [0.29, 0.717) is 0 Å². The largest absolute Gasteiger partial charge is 0.371 e. The number of aromatic nitrogens is 1. The summed E-state index contributed by atoms with van der Waals surface area (Å²) in [5, 5.41) is 0. The summed E-state index contributed by atoms with van der Waals surface area (Å²) in [5.74, 6) is 0.729. The highest BCUT2D eigenvalue weighted by molar-refractivity contribution is 5.47. The minimum Gasteiger partial charge on any atom is -0.371 e. The number of hydrogen-bond acceptors (Lipinski definition) is 3. The highest BCUT2D eigenvalue weighted by atomic mass is 15.2. The van der Waals surface area contributed by atoms with Crippen LogP contribution in [0.25, 0.3) is 0 Å². The monoisotopic (exact) mass is 335 g/mol. The van der Waals surface area contributed by atoms with Crippen molar-refractivity contribution in [1.82, 2.24) is 9.88 Å². The molecule has 2 fully saturated rings. The molecule has 4 rings (SSSR count). The van der Waals surface area contributed by atoms with Crippen LogP contribution >= 0.6 is 0 Å². The van der Waals surface area contributed by atoms with Gasteiger partial charge in [0.2, 0.25) is 0 Å². The quantitative estimate of drug-likeness (QED) is 0.836. The summed E-state index contributed by atoms with van der Waals surface area (Å²) in [6, 6.07) is 14.2. The molecule has 0 bridgehead atoms. The maximum Gasteiger partial charge on any atom is 0.0366 e. The molecule has 2 aliphatic heterocycles. The maximum atomic E-state index is 4.15. The smallest absolute Gasteiger partial charge is 0.0366 e. The van der Waals surface area contributed by atoms with Crippen molar-refractivity contribution in [2.24, 2.45) is 0 Å². The van der Waals surface area contributed by atoms with Gasteiger partial charge in [-0.2, -0.15) is 0 Å². The van der Waals surface area contributed by atoms with Crippen LogP contribution in [0.1, 0.15) is 42.7 Å². The molecule has 1 aromatic heterocycles. The number of nitrogens with zero attached hydrogens (tertiary/aromatic N) is 3. The molecule has 0 unspecified atom stereocenters. The summed E-state index contributed by atoms with van der Waals surface area (Å²) in [6.45, 7) is 7.05. The zero-order chi connectivity index (χ0) is 17.1. The lowest BCUT2D eigenvalue weighted by Crippen LogP contribution is -2.47. The molecule has 3 nitrogen and oxygen atoms in total. The number of pyridine rings is 1. The van der Waals surface area contributed by atoms with E-state index in [1.807, 2.05) is 12.4 Å². The molecule has 2 saturated heterocycles. The minimum absolute atomic E-state index is 0.729. The Balaban J connectivity index is 1.28. The van der Waals surface area contributed by atoms with Crippen molar-refractivity contribution < 1.29 is 0 Å². The normalized spacial score (nSPS) is 20.8. The van der Waals surface area contributed by atoms with Gasteiger partial charge in [0.1, 0.15) is 0 Å². The second-order valence-corrected chi connectivity index (χ2v) is 7.64. The van der Waals surface area contributed by atoms with Crippen molar-refractivity contribution in [1.29, 1.82) is 0 Å². The molecule has 0 saturated carbocycles. The fourth-order valence-corrected chi connectivity index (χ4v) is 4.48. The van der Waals surface area contributed by atoms with E-state index < -0.39 is 0 Å². The summed E-state index contributed by atoms with van der Waals surface area (Å²) >= 11 is 0. The SMILES string of the molecule is Cc1ccc(N2CCC(N3CCC(c4ccncc4)CC3)CC2)cc1. The number of piperidine rings is 2. The molecule has 0 aliphatic carbocycles. The number of hydrogen-bond donors (Lipinski definition) is 0. The van der Waals surface area contributed by atoms with Crippen LogP contribution in [0, 0.1) is 6.92 Å². The van der Waals surface area contributed by atoms with Gasteiger partial charge in [-0.05, 0) is 81.4 Å². The lowest BCUT2D eigenvalue weighted by Gasteiger charge is -2.42. The Morgan fingerprint density at radius 2 is 1.44 bits per heavy atom. The number of rotatable bonds is 3. The van der Waals surface area contributed by atoms with Gasteiger partial charge in [-0.25, -0.2) is 0 Å². The summed E-state index contributed by atoms with van der Waals surface area (Å²) in [6.07, 6.45) is 9.05. The molecule has 25 heavy (non-hydrogen) atoms. The molecule has 0 atom stereocenters. The first-order valence-corrected chi connectivity index (χ1v) is 9.75. The minimum atomic E-state index is 0.729. The van der Waals surface area contributed by atoms with Crippen LogP contribution in [-0.4, -0.2) is 42.1 Å². The van der Waals surface area contributed by atoms with Gasteiger partial charge in [-0.1, -0.05) is 17.7 Å². The van der Waals surface area contributed by atoms with E-state index in [1.54, 1.807) is 0 Å². The molecule has 0 amide bonds. The van der Waals surface area contributed by atoms with E-state index in [4.69, 9.17) is 0 Å². The number of aryl methyl sites for hydroxylation is 1. The molecule has 3 heteroatoms. The molecule has 132 valence electrons. The fourth-order valence-electron chi connectivity index (χ4n) is 4.48. The second kappa shape index (κ2) is 7.57. The van der Waals surface area contributed by atoms with Crippen LogP contribution in [0.4, 0.5) is 5.69 Å². The molecule has 0 spiro atoms. The van der Waals surface area contributed by atoms with Gasteiger partial charge in [0.25, 0.3) is 0 Å². The van der Waals surface area contributed by atoms with Gasteiger partial charge in [0.15, 0.2) is 0 Å². The van der Waals surface area contributed by atoms with E-state index in [0.717, 1.165) is 12.0 Å². The Kier molecular flexibility index (Phi) is 5.02. The Bertz CT molecular complexity index is 651. The Labute approximate surface area is 151 Å². The fraction of sp³-hybridized carbons (Fsp3) is 0.500. The summed E-state index contributed by atoms with van der Waals surface area (Å²) in [4.78, 5) is 9.46. The number of likely N-dealkylation sites (tertiary alicyclic amines) is 1. The third kappa shape index (κ3) is 3.87. The van der Waals surface area contributed by atoms with Gasteiger partial charge in [-0.3, -0.25) is 4.98 Å². The highest BCUT2D eigenvalue weighted by Gasteiger charge is 2.28. The lowest BCUT2D eigenvalue weighted by atomic mass is 9.88. The lowest BCUT2D eigenvalue weighted by molar-refractivity contribution is 0.132. The molecule has 2 aromatic rings. The molecule has 3 heterocycles. The first kappa shape index (κ1) is 16.6. The van der Waals surface area contributed by atoms with Crippen LogP contribution < -0.4 is 4.90 Å². The summed E-state index contributed by atoms with van der Waals surface area (Å²) in [5.41, 5.74) is 4.21. The molecular formula is C22H29N3. The first-order valence-electron chi connectivity index (χ1n) is 9.75. The van der Waals surface area contributed by atoms with E-state index in [-0.39, 0.29) is 0 Å². The van der Waals surface area contributed by atoms with Crippen molar-refractivity contribution >= 4 is 5.69 Å². The van der Waals surface area contributed by atoms with Gasteiger partial charge >= 0.3 is 0 Å². The predicted octanol–water partition coefficient (Wildman–Crippen LogP) is 4.24. The van der Waals surface area contributed by atoms with E-state index in [9.17, 15) is 0 Å². The Hall–Kier alpha value is -1.87. The van der Waals surface area contributed by atoms with Crippen LogP contribution in [0.5, 0.6) is 0 Å². The molecular weight excluding hydrogens is 306 g/mol. The third-order valence-corrected chi connectivity index (χ3v) is 6.09. The van der Waals surface area contributed by atoms with Gasteiger partial charge in [-0.15, -0.1) is 0 Å². The molecule has 0 N–H and O–H groups in total. The molecule has 1 aromatic carbocycles. The summed E-state index contributed by atoms with van der Waals surface area (Å²) < 4.78 is 0. The Morgan fingerprint density at radius 3 is 2.08 bits per heavy atom. The van der Waals surface area contributed by atoms with Crippen molar-refractivity contribution in [3.05, 3.63) is 59.9 Å². The topological polar surface area (TPSA) is 19.4 Å². The molecule has 0 radical (unpaired) electrons. The van der Waals surface area contributed by atoms with E-state index in [1.165, 1.54) is 68.7 Å². The molecule has 2 aliphatic rings.